The smallest absolute Gasteiger partial charge is 0.174 e. The molecular weight excluding hydrogens is 564 g/mol. The third kappa shape index (κ3) is 4.87. The molecule has 0 spiro atoms. The maximum absolute atomic E-state index is 13.5. The summed E-state index contributed by atoms with van der Waals surface area (Å²) in [4.78, 5) is 13.5. The summed E-state index contributed by atoms with van der Waals surface area (Å²) < 4.78 is 17.2. The number of rotatable bonds is 5. The van der Waals surface area contributed by atoms with Gasteiger partial charge in [0.15, 0.2) is 5.78 Å². The predicted molar refractivity (Wildman–Crippen MR) is 136 cm³/mol. The van der Waals surface area contributed by atoms with Gasteiger partial charge in [-0.05, 0) is 17.7 Å². The van der Waals surface area contributed by atoms with Crippen molar-refractivity contribution in [2.75, 3.05) is 13.2 Å². The molecule has 0 bridgehead atoms. The Kier molecular flexibility index (Phi) is 8.34. The standard InChI is InChI=1S/C27H32O15/c28-6-12-17(32)21(36)23(38)26(41-12)15-19(34)14-10(31)5-11(8-1-3-9(30)4-2-8)40-25(14)16(20(15)35)27-24(39)22(37)18(33)13(7-29)42-27/h1-4,11-13,17-18,21-24,26-30,32-39H,5-7H2/t11-,12-,13-,17+,18+,21+,22+,23+,24+,26-,27+/m0/s1. The summed E-state index contributed by atoms with van der Waals surface area (Å²) in [6.45, 7) is -1.68. The summed E-state index contributed by atoms with van der Waals surface area (Å²) >= 11 is 0. The van der Waals surface area contributed by atoms with Gasteiger partial charge >= 0.3 is 0 Å². The van der Waals surface area contributed by atoms with Gasteiger partial charge < -0.3 is 70.4 Å². The number of aromatic hydroxyl groups is 3. The average molecular weight is 597 g/mol. The van der Waals surface area contributed by atoms with Crippen LogP contribution in [0.4, 0.5) is 0 Å². The number of hydrogen-bond acceptors (Lipinski definition) is 15. The molecule has 11 atom stereocenters. The first-order chi connectivity index (χ1) is 19.9. The number of phenolic OH excluding ortho intramolecular Hbond substituents is 3. The molecular formula is C27H32O15. The van der Waals surface area contributed by atoms with Crippen molar-refractivity contribution in [3.63, 3.8) is 0 Å². The maximum Gasteiger partial charge on any atom is 0.174 e. The van der Waals surface area contributed by atoms with Crippen LogP contribution in [-0.4, -0.2) is 124 Å². The lowest BCUT2D eigenvalue weighted by Gasteiger charge is -2.43. The van der Waals surface area contributed by atoms with Crippen molar-refractivity contribution in [3.8, 4) is 23.0 Å². The molecule has 15 nitrogen and oxygen atoms in total. The van der Waals surface area contributed by atoms with Gasteiger partial charge in [0, 0.05) is 0 Å². The Morgan fingerprint density at radius 2 is 1.17 bits per heavy atom. The lowest BCUT2D eigenvalue weighted by atomic mass is 9.82. The van der Waals surface area contributed by atoms with E-state index >= 15 is 0 Å². The molecule has 2 saturated heterocycles. The first-order valence-electron chi connectivity index (χ1n) is 13.1. The number of ether oxygens (including phenoxy) is 3. The molecule has 0 aromatic heterocycles. The van der Waals surface area contributed by atoms with Gasteiger partial charge in [0.2, 0.25) is 0 Å². The van der Waals surface area contributed by atoms with Crippen molar-refractivity contribution in [2.24, 2.45) is 0 Å². The molecule has 3 aliphatic rings. The fourth-order valence-corrected chi connectivity index (χ4v) is 5.67. The van der Waals surface area contributed by atoms with Gasteiger partial charge in [0.25, 0.3) is 0 Å². The fraction of sp³-hybridized carbons (Fsp3) is 0.519. The zero-order chi connectivity index (χ0) is 30.6. The molecule has 0 aliphatic carbocycles. The molecule has 0 amide bonds. The Bertz CT molecular complexity index is 1310. The number of aliphatic hydroxyl groups is 8. The highest BCUT2D eigenvalue weighted by molar-refractivity contribution is 6.04. The van der Waals surface area contributed by atoms with E-state index in [4.69, 9.17) is 14.2 Å². The van der Waals surface area contributed by atoms with Gasteiger partial charge in [0.05, 0.1) is 30.8 Å². The van der Waals surface area contributed by atoms with E-state index in [-0.39, 0.29) is 12.2 Å². The molecule has 2 aromatic rings. The lowest BCUT2D eigenvalue weighted by Crippen LogP contribution is -2.55. The number of benzene rings is 2. The largest absolute Gasteiger partial charge is 0.508 e. The Hall–Kier alpha value is -3.09. The van der Waals surface area contributed by atoms with Gasteiger partial charge in [-0.15, -0.1) is 0 Å². The van der Waals surface area contributed by atoms with Crippen LogP contribution in [0.15, 0.2) is 24.3 Å². The van der Waals surface area contributed by atoms with Crippen LogP contribution < -0.4 is 4.74 Å². The van der Waals surface area contributed by atoms with Gasteiger partial charge in [-0.1, -0.05) is 12.1 Å². The predicted octanol–water partition coefficient (Wildman–Crippen LogP) is -2.46. The van der Waals surface area contributed by atoms with E-state index in [1.807, 2.05) is 0 Å². The first-order valence-corrected chi connectivity index (χ1v) is 13.1. The zero-order valence-corrected chi connectivity index (χ0v) is 21.8. The zero-order valence-electron chi connectivity index (χ0n) is 21.8. The van der Waals surface area contributed by atoms with E-state index in [0.29, 0.717) is 5.56 Å². The van der Waals surface area contributed by atoms with E-state index in [1.165, 1.54) is 24.3 Å². The third-order valence-corrected chi connectivity index (χ3v) is 8.00. The summed E-state index contributed by atoms with van der Waals surface area (Å²) in [5.41, 5.74) is -1.34. The summed E-state index contributed by atoms with van der Waals surface area (Å²) in [6.07, 6.45) is -19.4. The number of fused-ring (bicyclic) bond motifs is 1. The van der Waals surface area contributed by atoms with Crippen LogP contribution in [0.1, 0.15) is 51.8 Å². The number of phenols is 3. The van der Waals surface area contributed by atoms with Gasteiger partial charge in [0.1, 0.15) is 95.7 Å². The molecule has 5 rings (SSSR count). The van der Waals surface area contributed by atoms with Crippen LogP contribution in [0.25, 0.3) is 0 Å². The normalized spacial score (nSPS) is 36.8. The summed E-state index contributed by atoms with van der Waals surface area (Å²) in [7, 11) is 0. The average Bonchev–Trinajstić information content (AvgIpc) is 2.97. The molecule has 3 heterocycles. The maximum atomic E-state index is 13.5. The summed E-state index contributed by atoms with van der Waals surface area (Å²) in [5, 5.41) is 115. The molecule has 11 N–H and O–H groups in total. The topological polar surface area (TPSA) is 267 Å². The second-order valence-electron chi connectivity index (χ2n) is 10.6. The van der Waals surface area contributed by atoms with Crippen LogP contribution >= 0.6 is 0 Å². The van der Waals surface area contributed by atoms with E-state index in [1.54, 1.807) is 0 Å². The first kappa shape index (κ1) is 30.4. The van der Waals surface area contributed by atoms with Gasteiger partial charge in [-0.2, -0.15) is 0 Å². The van der Waals surface area contributed by atoms with E-state index < -0.39 is 120 Å². The Morgan fingerprint density at radius 1 is 0.667 bits per heavy atom. The minimum atomic E-state index is -2.01. The molecule has 230 valence electrons. The number of ketones is 1. The highest BCUT2D eigenvalue weighted by Gasteiger charge is 2.51. The highest BCUT2D eigenvalue weighted by Crippen LogP contribution is 2.55. The minimum Gasteiger partial charge on any atom is -0.508 e. The second kappa shape index (κ2) is 11.5. The fourth-order valence-electron chi connectivity index (χ4n) is 5.67. The number of Topliss-reactive ketones (excluding diaryl/α,β-unsaturated/α-hetero) is 1. The molecule has 42 heavy (non-hydrogen) atoms. The molecule has 0 saturated carbocycles. The Morgan fingerprint density at radius 3 is 1.67 bits per heavy atom. The SMILES string of the molecule is O=C1C[C@@H](c2ccc(O)cc2)Oc2c1c(O)c([C@@H]1O[C@@H](CO)[C@@H](O)[C@@H](O)[C@H]1O)c(O)c2[C@H]1O[C@@H](CO)[C@@H](O)[C@@H](O)[C@H]1O. The van der Waals surface area contributed by atoms with Crippen LogP contribution in [0.2, 0.25) is 0 Å². The third-order valence-electron chi connectivity index (χ3n) is 8.00. The number of carbonyl (C=O) groups is 1. The number of hydrogen-bond donors (Lipinski definition) is 11. The molecule has 2 fully saturated rings. The van der Waals surface area contributed by atoms with Crippen LogP contribution in [0.3, 0.4) is 0 Å². The Labute approximate surface area is 237 Å². The second-order valence-corrected chi connectivity index (χ2v) is 10.6. The number of carbonyl (C=O) groups excluding carboxylic acids is 1. The lowest BCUT2D eigenvalue weighted by molar-refractivity contribution is -0.234. The molecule has 15 heteroatoms. The summed E-state index contributed by atoms with van der Waals surface area (Å²) in [5.74, 6) is -3.21. The quantitative estimate of drug-likeness (QED) is 0.171. The molecule has 0 unspecified atom stereocenters. The van der Waals surface area contributed by atoms with E-state index in [9.17, 15) is 61.0 Å². The van der Waals surface area contributed by atoms with Crippen molar-refractivity contribution in [1.29, 1.82) is 0 Å². The van der Waals surface area contributed by atoms with Crippen molar-refractivity contribution >= 4 is 5.78 Å². The van der Waals surface area contributed by atoms with Crippen LogP contribution in [0.5, 0.6) is 23.0 Å². The Balaban J connectivity index is 1.72. The van der Waals surface area contributed by atoms with Crippen molar-refractivity contribution in [3.05, 3.63) is 46.5 Å². The molecule has 3 aliphatic heterocycles. The van der Waals surface area contributed by atoms with Crippen molar-refractivity contribution in [1.82, 2.24) is 0 Å². The van der Waals surface area contributed by atoms with Crippen LogP contribution in [-0.2, 0) is 9.47 Å². The van der Waals surface area contributed by atoms with Gasteiger partial charge in [-0.3, -0.25) is 4.79 Å². The minimum absolute atomic E-state index is 0.0669. The van der Waals surface area contributed by atoms with E-state index in [2.05, 4.69) is 0 Å². The summed E-state index contributed by atoms with van der Waals surface area (Å²) in [6, 6.07) is 5.62. The monoisotopic (exact) mass is 596 g/mol. The van der Waals surface area contributed by atoms with Crippen molar-refractivity contribution in [2.45, 2.75) is 73.6 Å². The van der Waals surface area contributed by atoms with Crippen molar-refractivity contribution < 1.29 is 75.2 Å². The molecule has 0 radical (unpaired) electrons. The highest BCUT2D eigenvalue weighted by atomic mass is 16.6. The number of aliphatic hydroxyl groups excluding tert-OH is 8. The van der Waals surface area contributed by atoms with Crippen LogP contribution in [0, 0.1) is 0 Å². The van der Waals surface area contributed by atoms with E-state index in [0.717, 1.165) is 0 Å². The molecule has 2 aromatic carbocycles. The van der Waals surface area contributed by atoms with Gasteiger partial charge in [-0.25, -0.2) is 0 Å².